The minimum atomic E-state index is -0.248. The molecule has 110 valence electrons. The summed E-state index contributed by atoms with van der Waals surface area (Å²) in [6, 6.07) is -0.0548. The van der Waals surface area contributed by atoms with E-state index in [4.69, 9.17) is 0 Å². The van der Waals surface area contributed by atoms with Gasteiger partial charge in [0.2, 0.25) is 11.8 Å². The maximum Gasteiger partial charge on any atom is 0.244 e. The standard InChI is InChI=1S/C14H25NO2S2/c1-8(2)15-12(16)10(18-9(3)4)11(13(15)17)19-14(5,6)7/h8-11H,1-7H3. The van der Waals surface area contributed by atoms with Gasteiger partial charge in [0.1, 0.15) is 10.5 Å². The molecule has 0 radical (unpaired) electrons. The van der Waals surface area contributed by atoms with E-state index in [1.807, 2.05) is 13.8 Å². The summed E-state index contributed by atoms with van der Waals surface area (Å²) in [5.74, 6) is -0.0291. The van der Waals surface area contributed by atoms with E-state index in [1.165, 1.54) is 4.90 Å². The van der Waals surface area contributed by atoms with Gasteiger partial charge in [-0.1, -0.05) is 34.6 Å². The molecule has 2 atom stereocenters. The van der Waals surface area contributed by atoms with Crippen molar-refractivity contribution in [2.24, 2.45) is 0 Å². The van der Waals surface area contributed by atoms with Crippen LogP contribution in [0.4, 0.5) is 0 Å². The normalized spacial score (nSPS) is 25.0. The van der Waals surface area contributed by atoms with Crippen molar-refractivity contribution in [3.8, 4) is 0 Å². The van der Waals surface area contributed by atoms with Gasteiger partial charge in [-0.05, 0) is 19.1 Å². The first kappa shape index (κ1) is 16.9. The molecule has 0 aliphatic carbocycles. The summed E-state index contributed by atoms with van der Waals surface area (Å²) in [4.78, 5) is 26.4. The third kappa shape index (κ3) is 4.15. The summed E-state index contributed by atoms with van der Waals surface area (Å²) in [7, 11) is 0. The molecule has 2 amide bonds. The summed E-state index contributed by atoms with van der Waals surface area (Å²) >= 11 is 3.23. The number of carbonyl (C=O) groups is 2. The molecule has 0 aromatic carbocycles. The average molecular weight is 303 g/mol. The van der Waals surface area contributed by atoms with E-state index in [1.54, 1.807) is 23.5 Å². The van der Waals surface area contributed by atoms with Crippen molar-refractivity contribution in [1.29, 1.82) is 0 Å². The molecule has 1 saturated heterocycles. The zero-order valence-corrected chi connectivity index (χ0v) is 14.5. The highest BCUT2D eigenvalue weighted by Gasteiger charge is 2.50. The molecule has 1 rings (SSSR count). The SMILES string of the molecule is CC(C)SC1C(=O)N(C(C)C)C(=O)C1SC(C)(C)C. The van der Waals surface area contributed by atoms with Crippen LogP contribution in [-0.4, -0.2) is 43.3 Å². The van der Waals surface area contributed by atoms with E-state index < -0.39 is 0 Å². The predicted molar refractivity (Wildman–Crippen MR) is 84.6 cm³/mol. The lowest BCUT2D eigenvalue weighted by atomic mass is 10.3. The Labute approximate surface area is 125 Å². The summed E-state index contributed by atoms with van der Waals surface area (Å²) in [5.41, 5.74) is 0. The summed E-state index contributed by atoms with van der Waals surface area (Å²) in [5, 5.41) is -0.140. The Bertz CT molecular complexity index is 361. The minimum Gasteiger partial charge on any atom is -0.278 e. The maximum absolute atomic E-state index is 12.5. The molecular formula is C14H25NO2S2. The van der Waals surface area contributed by atoms with Gasteiger partial charge in [0.05, 0.1) is 0 Å². The topological polar surface area (TPSA) is 37.4 Å². The van der Waals surface area contributed by atoms with Crippen LogP contribution in [0.25, 0.3) is 0 Å². The minimum absolute atomic E-state index is 0.0135. The second kappa shape index (κ2) is 6.08. The zero-order valence-electron chi connectivity index (χ0n) is 12.9. The fourth-order valence-electron chi connectivity index (χ4n) is 2.07. The Morgan fingerprint density at radius 2 is 1.47 bits per heavy atom. The second-order valence-corrected chi connectivity index (χ2v) is 10.1. The number of imide groups is 1. The van der Waals surface area contributed by atoms with Crippen LogP contribution in [0.1, 0.15) is 48.5 Å². The van der Waals surface area contributed by atoms with Crippen LogP contribution in [0.2, 0.25) is 0 Å². The van der Waals surface area contributed by atoms with Crippen molar-refractivity contribution in [3.05, 3.63) is 0 Å². The number of nitrogens with zero attached hydrogens (tertiary/aromatic N) is 1. The van der Waals surface area contributed by atoms with Crippen molar-refractivity contribution in [2.45, 2.75) is 75.0 Å². The number of hydrogen-bond donors (Lipinski definition) is 0. The third-order valence-corrected chi connectivity index (χ3v) is 5.57. The van der Waals surface area contributed by atoms with Gasteiger partial charge in [-0.25, -0.2) is 0 Å². The molecule has 0 aromatic heterocycles. The molecule has 19 heavy (non-hydrogen) atoms. The highest BCUT2D eigenvalue weighted by molar-refractivity contribution is 8.05. The highest BCUT2D eigenvalue weighted by Crippen LogP contribution is 2.41. The third-order valence-electron chi connectivity index (χ3n) is 2.65. The first-order valence-electron chi connectivity index (χ1n) is 6.74. The molecule has 1 heterocycles. The van der Waals surface area contributed by atoms with Gasteiger partial charge in [0, 0.05) is 10.8 Å². The Morgan fingerprint density at radius 3 is 1.84 bits per heavy atom. The predicted octanol–water partition coefficient (Wildman–Crippen LogP) is 3.17. The Hall–Kier alpha value is -0.160. The molecule has 0 spiro atoms. The molecule has 1 aliphatic rings. The van der Waals surface area contributed by atoms with Crippen molar-refractivity contribution in [1.82, 2.24) is 4.90 Å². The molecular weight excluding hydrogens is 278 g/mol. The van der Waals surface area contributed by atoms with Crippen LogP contribution in [0.5, 0.6) is 0 Å². The molecule has 0 saturated carbocycles. The van der Waals surface area contributed by atoms with Gasteiger partial charge in [0.25, 0.3) is 0 Å². The highest BCUT2D eigenvalue weighted by atomic mass is 32.2. The fourth-order valence-corrected chi connectivity index (χ4v) is 4.72. The molecule has 1 fully saturated rings. The van der Waals surface area contributed by atoms with Gasteiger partial charge in [0.15, 0.2) is 0 Å². The van der Waals surface area contributed by atoms with Crippen molar-refractivity contribution < 1.29 is 9.59 Å². The summed E-state index contributed by atoms with van der Waals surface area (Å²) in [6.45, 7) is 14.2. The fraction of sp³-hybridized carbons (Fsp3) is 0.857. The van der Waals surface area contributed by atoms with Crippen molar-refractivity contribution >= 4 is 35.3 Å². The van der Waals surface area contributed by atoms with Crippen LogP contribution in [0, 0.1) is 0 Å². The monoisotopic (exact) mass is 303 g/mol. The van der Waals surface area contributed by atoms with Gasteiger partial charge < -0.3 is 0 Å². The molecule has 1 aliphatic heterocycles. The molecule has 3 nitrogen and oxygen atoms in total. The van der Waals surface area contributed by atoms with Crippen LogP contribution >= 0.6 is 23.5 Å². The number of amides is 2. The van der Waals surface area contributed by atoms with Gasteiger partial charge in [-0.3, -0.25) is 14.5 Å². The van der Waals surface area contributed by atoms with E-state index >= 15 is 0 Å². The van der Waals surface area contributed by atoms with Crippen LogP contribution in [0.15, 0.2) is 0 Å². The van der Waals surface area contributed by atoms with Gasteiger partial charge >= 0.3 is 0 Å². The summed E-state index contributed by atoms with van der Waals surface area (Å²) in [6.07, 6.45) is 0. The molecule has 0 bridgehead atoms. The smallest absolute Gasteiger partial charge is 0.244 e. The van der Waals surface area contributed by atoms with E-state index in [0.29, 0.717) is 5.25 Å². The zero-order chi connectivity index (χ0) is 15.0. The van der Waals surface area contributed by atoms with E-state index in [9.17, 15) is 9.59 Å². The average Bonchev–Trinajstić information content (AvgIpc) is 2.39. The van der Waals surface area contributed by atoms with Crippen LogP contribution in [-0.2, 0) is 9.59 Å². The quantitative estimate of drug-likeness (QED) is 0.748. The number of carbonyl (C=O) groups excluding carboxylic acids is 2. The first-order valence-corrected chi connectivity index (χ1v) is 8.57. The molecule has 5 heteroatoms. The second-order valence-electron chi connectivity index (χ2n) is 6.40. The number of likely N-dealkylation sites (tertiary alicyclic amines) is 1. The van der Waals surface area contributed by atoms with Crippen molar-refractivity contribution in [2.75, 3.05) is 0 Å². The summed E-state index contributed by atoms with van der Waals surface area (Å²) < 4.78 is -0.0244. The Morgan fingerprint density at radius 1 is 1.00 bits per heavy atom. The Kier molecular flexibility index (Phi) is 5.41. The number of rotatable bonds is 4. The lowest BCUT2D eigenvalue weighted by Crippen LogP contribution is -2.37. The van der Waals surface area contributed by atoms with Crippen molar-refractivity contribution in [3.63, 3.8) is 0 Å². The molecule has 0 aromatic rings. The lowest BCUT2D eigenvalue weighted by Gasteiger charge is -2.24. The molecule has 2 unspecified atom stereocenters. The molecule has 0 N–H and O–H groups in total. The van der Waals surface area contributed by atoms with E-state index in [-0.39, 0.29) is 33.1 Å². The van der Waals surface area contributed by atoms with Gasteiger partial charge in [-0.15, -0.1) is 23.5 Å². The lowest BCUT2D eigenvalue weighted by molar-refractivity contribution is -0.140. The first-order chi connectivity index (χ1) is 8.54. The number of hydrogen-bond acceptors (Lipinski definition) is 4. The van der Waals surface area contributed by atoms with E-state index in [0.717, 1.165) is 0 Å². The largest absolute Gasteiger partial charge is 0.278 e. The number of thioether (sulfide) groups is 2. The van der Waals surface area contributed by atoms with Gasteiger partial charge in [-0.2, -0.15) is 0 Å². The Balaban J connectivity index is 3.02. The van der Waals surface area contributed by atoms with Crippen LogP contribution < -0.4 is 0 Å². The van der Waals surface area contributed by atoms with Crippen LogP contribution in [0.3, 0.4) is 0 Å². The van der Waals surface area contributed by atoms with E-state index in [2.05, 4.69) is 34.6 Å². The maximum atomic E-state index is 12.5.